The molecule has 0 unspecified atom stereocenters. The molecule has 0 saturated carbocycles. The molecule has 0 bridgehead atoms. The van der Waals surface area contributed by atoms with Crippen LogP contribution in [-0.4, -0.2) is 0 Å². The average molecular weight is 147 g/mol. The van der Waals surface area contributed by atoms with Gasteiger partial charge in [0.05, 0.1) is 0 Å². The lowest BCUT2D eigenvalue weighted by atomic mass is 10.4. The van der Waals surface area contributed by atoms with Gasteiger partial charge in [-0.05, 0) is 11.9 Å². The fourth-order valence-electron chi connectivity index (χ4n) is 0.108. The van der Waals surface area contributed by atoms with Gasteiger partial charge >= 0.3 is 0 Å². The lowest BCUT2D eigenvalue weighted by Gasteiger charge is -1.74. The predicted octanol–water partition coefficient (Wildman–Crippen LogP) is 2.47. The van der Waals surface area contributed by atoms with Gasteiger partial charge in [0.1, 0.15) is 0 Å². The summed E-state index contributed by atoms with van der Waals surface area (Å²) in [4.78, 5) is 1.79. The monoisotopic (exact) mass is 146 g/mol. The SMILES string of the molecule is C=C(C)C=CBr. The quantitative estimate of drug-likeness (QED) is 0.499. The molecule has 0 rings (SSSR count). The first kappa shape index (κ1) is 5.96. The Labute approximate surface area is 46.7 Å². The first-order valence-electron chi connectivity index (χ1n) is 1.69. The van der Waals surface area contributed by atoms with E-state index < -0.39 is 0 Å². The van der Waals surface area contributed by atoms with E-state index in [9.17, 15) is 0 Å². The number of halogens is 1. The topological polar surface area (TPSA) is 0 Å². The van der Waals surface area contributed by atoms with Crippen molar-refractivity contribution in [2.24, 2.45) is 0 Å². The summed E-state index contributed by atoms with van der Waals surface area (Å²) >= 11 is 3.11. The van der Waals surface area contributed by atoms with Gasteiger partial charge in [-0.1, -0.05) is 34.2 Å². The molecule has 0 saturated heterocycles. The van der Waals surface area contributed by atoms with Gasteiger partial charge in [0.15, 0.2) is 0 Å². The molecule has 0 amide bonds. The van der Waals surface area contributed by atoms with Crippen molar-refractivity contribution in [2.45, 2.75) is 6.92 Å². The smallest absolute Gasteiger partial charge is 0.0186 e. The second kappa shape index (κ2) is 3.16. The molecule has 0 heterocycles. The van der Waals surface area contributed by atoms with Gasteiger partial charge in [0.2, 0.25) is 0 Å². The van der Waals surface area contributed by atoms with Crippen LogP contribution in [-0.2, 0) is 0 Å². The van der Waals surface area contributed by atoms with Gasteiger partial charge in [-0.25, -0.2) is 0 Å². The minimum Gasteiger partial charge on any atom is -0.0961 e. The fourth-order valence-corrected chi connectivity index (χ4v) is 0.559. The molecule has 0 aliphatic rings. The van der Waals surface area contributed by atoms with E-state index in [2.05, 4.69) is 22.5 Å². The third kappa shape index (κ3) is 3.96. The van der Waals surface area contributed by atoms with Gasteiger partial charge in [0.25, 0.3) is 0 Å². The molecule has 0 fully saturated rings. The van der Waals surface area contributed by atoms with Crippen molar-refractivity contribution in [1.82, 2.24) is 0 Å². The van der Waals surface area contributed by atoms with Crippen LogP contribution < -0.4 is 0 Å². The zero-order chi connectivity index (χ0) is 4.99. The van der Waals surface area contributed by atoms with Crippen LogP contribution >= 0.6 is 15.9 Å². The van der Waals surface area contributed by atoms with Gasteiger partial charge in [0, 0.05) is 0 Å². The summed E-state index contributed by atoms with van der Waals surface area (Å²) in [6.45, 7) is 5.57. The van der Waals surface area contributed by atoms with Crippen LogP contribution in [0.4, 0.5) is 0 Å². The molecule has 0 spiro atoms. The molecule has 34 valence electrons. The first-order valence-corrected chi connectivity index (χ1v) is 2.61. The highest BCUT2D eigenvalue weighted by atomic mass is 79.9. The molecule has 1 heteroatoms. The van der Waals surface area contributed by atoms with Crippen molar-refractivity contribution in [3.05, 3.63) is 23.2 Å². The van der Waals surface area contributed by atoms with E-state index in [0.29, 0.717) is 0 Å². The lowest BCUT2D eigenvalue weighted by molar-refractivity contribution is 1.58. The molecule has 6 heavy (non-hydrogen) atoms. The maximum Gasteiger partial charge on any atom is -0.0186 e. The van der Waals surface area contributed by atoms with Crippen molar-refractivity contribution in [2.75, 3.05) is 0 Å². The van der Waals surface area contributed by atoms with Crippen molar-refractivity contribution in [3.8, 4) is 0 Å². The van der Waals surface area contributed by atoms with Crippen molar-refractivity contribution in [1.29, 1.82) is 0 Å². The average Bonchev–Trinajstić information content (AvgIpc) is 1.35. The second-order valence-electron chi connectivity index (χ2n) is 1.14. The maximum absolute atomic E-state index is 3.63. The summed E-state index contributed by atoms with van der Waals surface area (Å²) in [5, 5.41) is 0. The van der Waals surface area contributed by atoms with Crippen molar-refractivity contribution < 1.29 is 0 Å². The summed E-state index contributed by atoms with van der Waals surface area (Å²) in [6, 6.07) is 0. The molecule has 0 aliphatic heterocycles. The Morgan fingerprint density at radius 1 is 1.83 bits per heavy atom. The highest BCUT2D eigenvalue weighted by Crippen LogP contribution is 1.90. The van der Waals surface area contributed by atoms with Crippen LogP contribution in [0.2, 0.25) is 0 Å². The van der Waals surface area contributed by atoms with Gasteiger partial charge in [-0.2, -0.15) is 0 Å². The van der Waals surface area contributed by atoms with Crippen molar-refractivity contribution in [3.63, 3.8) is 0 Å². The number of allylic oxidation sites excluding steroid dienone is 2. The lowest BCUT2D eigenvalue weighted by Crippen LogP contribution is -1.52. The Hall–Kier alpha value is -0.0400. The molecule has 0 radical (unpaired) electrons. The molecule has 0 aliphatic carbocycles. The standard InChI is InChI=1S/C5H7Br/c1-5(2)3-4-6/h3-4H,1H2,2H3. The molecular formula is C5H7Br. The summed E-state index contributed by atoms with van der Waals surface area (Å²) in [5.74, 6) is 0. The van der Waals surface area contributed by atoms with Crippen LogP contribution in [0, 0.1) is 0 Å². The fraction of sp³-hybridized carbons (Fsp3) is 0.200. The van der Waals surface area contributed by atoms with Crippen LogP contribution in [0.5, 0.6) is 0 Å². The van der Waals surface area contributed by atoms with E-state index in [4.69, 9.17) is 0 Å². The van der Waals surface area contributed by atoms with E-state index in [-0.39, 0.29) is 0 Å². The zero-order valence-corrected chi connectivity index (χ0v) is 5.33. The number of rotatable bonds is 1. The summed E-state index contributed by atoms with van der Waals surface area (Å²) < 4.78 is 0. The van der Waals surface area contributed by atoms with Gasteiger partial charge in [-0.15, -0.1) is 0 Å². The zero-order valence-electron chi connectivity index (χ0n) is 3.74. The summed E-state index contributed by atoms with van der Waals surface area (Å²) in [5.41, 5.74) is 1.06. The first-order chi connectivity index (χ1) is 2.77. The number of hydrogen-bond acceptors (Lipinski definition) is 0. The van der Waals surface area contributed by atoms with Crippen LogP contribution in [0.25, 0.3) is 0 Å². The third-order valence-electron chi connectivity index (χ3n) is 0.348. The van der Waals surface area contributed by atoms with Gasteiger partial charge < -0.3 is 0 Å². The summed E-state index contributed by atoms with van der Waals surface area (Å²) in [7, 11) is 0. The van der Waals surface area contributed by atoms with E-state index in [1.54, 1.807) is 4.99 Å². The Kier molecular flexibility index (Phi) is 3.14. The Balaban J connectivity index is 3.30. The molecule has 0 nitrogen and oxygen atoms in total. The third-order valence-corrected chi connectivity index (χ3v) is 0.612. The van der Waals surface area contributed by atoms with Crippen LogP contribution in [0.3, 0.4) is 0 Å². The molecule has 0 atom stereocenters. The Morgan fingerprint density at radius 2 is 2.33 bits per heavy atom. The number of hydrogen-bond donors (Lipinski definition) is 0. The molecule has 0 aromatic heterocycles. The highest BCUT2D eigenvalue weighted by Gasteiger charge is 1.64. The minimum absolute atomic E-state index is 1.06. The van der Waals surface area contributed by atoms with E-state index >= 15 is 0 Å². The van der Waals surface area contributed by atoms with Crippen LogP contribution in [0.1, 0.15) is 6.92 Å². The highest BCUT2D eigenvalue weighted by molar-refractivity contribution is 9.11. The normalized spacial score (nSPS) is 9.67. The maximum atomic E-state index is 3.63. The van der Waals surface area contributed by atoms with Gasteiger partial charge in [-0.3, -0.25) is 0 Å². The molecular weight excluding hydrogens is 140 g/mol. The van der Waals surface area contributed by atoms with Crippen molar-refractivity contribution >= 4 is 15.9 Å². The van der Waals surface area contributed by atoms with E-state index in [0.717, 1.165) is 5.57 Å². The predicted molar refractivity (Wildman–Crippen MR) is 32.9 cm³/mol. The molecule has 0 N–H and O–H groups in total. The van der Waals surface area contributed by atoms with E-state index in [1.807, 2.05) is 13.0 Å². The summed E-state index contributed by atoms with van der Waals surface area (Å²) in [6.07, 6.45) is 1.89. The minimum atomic E-state index is 1.06. The molecule has 0 aromatic carbocycles. The Morgan fingerprint density at radius 3 is 2.33 bits per heavy atom. The molecule has 0 aromatic rings. The second-order valence-corrected chi connectivity index (χ2v) is 1.67. The Bertz CT molecular complexity index is 72.0. The van der Waals surface area contributed by atoms with Crippen LogP contribution in [0.15, 0.2) is 23.2 Å². The van der Waals surface area contributed by atoms with E-state index in [1.165, 1.54) is 0 Å². The largest absolute Gasteiger partial charge is 0.0961 e.